The van der Waals surface area contributed by atoms with E-state index in [-0.39, 0.29) is 80.1 Å². The number of carbonyl (C=O) groups excluding carboxylic acids is 1. The molecule has 4 rings (SSSR count). The van der Waals surface area contributed by atoms with Gasteiger partial charge in [0.05, 0.1) is 32.3 Å². The van der Waals surface area contributed by atoms with Crippen LogP contribution < -0.4 is 5.32 Å². The van der Waals surface area contributed by atoms with E-state index in [2.05, 4.69) is 26.1 Å². The molecule has 0 aromatic rings. The summed E-state index contributed by atoms with van der Waals surface area (Å²) < 4.78 is 0. The summed E-state index contributed by atoms with van der Waals surface area (Å²) in [7, 11) is 0. The average molecular weight is 839 g/mol. The van der Waals surface area contributed by atoms with Gasteiger partial charge in [-0.2, -0.15) is 0 Å². The number of aliphatic hydroxyl groups is 1. The lowest BCUT2D eigenvalue weighted by Gasteiger charge is -2.62. The lowest BCUT2D eigenvalue weighted by molar-refractivity contribution is -0.167. The minimum absolute atomic E-state index is 0.0152. The zero-order chi connectivity index (χ0) is 43.8. The van der Waals surface area contributed by atoms with Crippen LogP contribution in [0.2, 0.25) is 0 Å². The second-order valence-electron chi connectivity index (χ2n) is 18.4. The number of carbonyl (C=O) groups is 7. The highest BCUT2D eigenvalue weighted by molar-refractivity contribution is 5.79. The number of hydrogen-bond donors (Lipinski definition) is 8. The average Bonchev–Trinajstić information content (AvgIpc) is 3.47. The third-order valence-electron chi connectivity index (χ3n) is 14.8. The van der Waals surface area contributed by atoms with Gasteiger partial charge in [-0.3, -0.25) is 48.3 Å². The zero-order valence-electron chi connectivity index (χ0n) is 34.7. The van der Waals surface area contributed by atoms with E-state index in [1.54, 1.807) is 0 Å². The Hall–Kier alpha value is -3.87. The predicted molar refractivity (Wildman–Crippen MR) is 210 cm³/mol. The van der Waals surface area contributed by atoms with E-state index in [1.807, 2.05) is 0 Å². The topological polar surface area (TPSA) is 283 Å². The van der Waals surface area contributed by atoms with Crippen LogP contribution in [0.5, 0.6) is 0 Å². The van der Waals surface area contributed by atoms with Gasteiger partial charge in [-0.25, -0.2) is 0 Å². The second kappa shape index (κ2) is 20.6. The number of carboxylic acid groups (broad SMARTS) is 6. The molecule has 4 aliphatic carbocycles. The quantitative estimate of drug-likeness (QED) is 0.0691. The summed E-state index contributed by atoms with van der Waals surface area (Å²) in [6, 6.07) is -1.49. The fraction of sp³-hybridized carbons (Fsp3) is 0.829. The van der Waals surface area contributed by atoms with E-state index >= 15 is 0 Å². The number of fused-ring (bicyclic) bond motifs is 5. The fourth-order valence-electron chi connectivity index (χ4n) is 12.1. The Morgan fingerprint density at radius 2 is 1.17 bits per heavy atom. The first-order valence-electron chi connectivity index (χ1n) is 21.1. The molecule has 0 saturated heterocycles. The summed E-state index contributed by atoms with van der Waals surface area (Å²) in [6.07, 6.45) is 7.04. The summed E-state index contributed by atoms with van der Waals surface area (Å²) in [5.41, 5.74) is 0.0448. The van der Waals surface area contributed by atoms with Crippen LogP contribution in [0.3, 0.4) is 0 Å². The summed E-state index contributed by atoms with van der Waals surface area (Å²) in [6.45, 7) is 3.64. The summed E-state index contributed by atoms with van der Waals surface area (Å²) in [5, 5.41) is 71.7. The molecule has 6 unspecified atom stereocenters. The van der Waals surface area contributed by atoms with E-state index < -0.39 is 74.1 Å². The van der Waals surface area contributed by atoms with Crippen molar-refractivity contribution >= 4 is 41.7 Å². The van der Waals surface area contributed by atoms with Crippen molar-refractivity contribution in [3.8, 4) is 0 Å². The molecule has 18 nitrogen and oxygen atoms in total. The van der Waals surface area contributed by atoms with Crippen LogP contribution in [-0.2, 0) is 33.6 Å². The predicted octanol–water partition coefficient (Wildman–Crippen LogP) is 2.08. The Labute approximate surface area is 345 Å². The molecule has 334 valence electrons. The summed E-state index contributed by atoms with van der Waals surface area (Å²) >= 11 is 0. The van der Waals surface area contributed by atoms with Crippen LogP contribution in [0.1, 0.15) is 97.8 Å². The monoisotopic (exact) mass is 838 g/mol. The van der Waals surface area contributed by atoms with E-state index in [1.165, 1.54) is 4.90 Å². The minimum Gasteiger partial charge on any atom is -0.481 e. The first-order chi connectivity index (χ1) is 27.6. The number of aliphatic carboxylic acids is 6. The van der Waals surface area contributed by atoms with E-state index in [0.29, 0.717) is 42.9 Å². The molecule has 0 aliphatic heterocycles. The highest BCUT2D eigenvalue weighted by Crippen LogP contribution is 2.68. The van der Waals surface area contributed by atoms with Crippen molar-refractivity contribution in [1.82, 2.24) is 20.0 Å². The second-order valence-corrected chi connectivity index (χ2v) is 18.4. The molecule has 0 aromatic heterocycles. The molecular weight excluding hydrogens is 772 g/mol. The number of amides is 1. The van der Waals surface area contributed by atoms with Crippen molar-refractivity contribution < 1.29 is 69.3 Å². The van der Waals surface area contributed by atoms with Crippen molar-refractivity contribution in [2.75, 3.05) is 52.4 Å². The number of hydrogen-bond acceptors (Lipinski definition) is 11. The molecule has 18 heteroatoms. The highest BCUT2D eigenvalue weighted by Gasteiger charge is 2.63. The minimum atomic E-state index is -1.32. The largest absolute Gasteiger partial charge is 0.481 e. The van der Waals surface area contributed by atoms with Gasteiger partial charge < -0.3 is 41.1 Å². The van der Waals surface area contributed by atoms with Crippen LogP contribution in [-0.4, -0.2) is 163 Å². The molecule has 4 fully saturated rings. The molecule has 0 bridgehead atoms. The normalized spacial score (nSPS) is 31.1. The van der Waals surface area contributed by atoms with Gasteiger partial charge in [0.15, 0.2) is 0 Å². The van der Waals surface area contributed by atoms with E-state index in [4.69, 9.17) is 0 Å². The molecule has 59 heavy (non-hydrogen) atoms. The Balaban J connectivity index is 1.40. The molecule has 0 heterocycles. The number of nitrogens with zero attached hydrogens (tertiary/aromatic N) is 3. The number of nitrogens with one attached hydrogen (secondary N) is 1. The maximum Gasteiger partial charge on any atom is 0.320 e. The lowest BCUT2D eigenvalue weighted by Crippen LogP contribution is -2.59. The third-order valence-corrected chi connectivity index (χ3v) is 14.8. The number of rotatable bonds is 24. The van der Waals surface area contributed by atoms with Crippen molar-refractivity contribution in [1.29, 1.82) is 0 Å². The van der Waals surface area contributed by atoms with Crippen LogP contribution in [0, 0.1) is 46.3 Å². The Morgan fingerprint density at radius 1 is 0.644 bits per heavy atom. The van der Waals surface area contributed by atoms with Gasteiger partial charge in [-0.15, -0.1) is 0 Å². The van der Waals surface area contributed by atoms with Gasteiger partial charge in [-0.05, 0) is 111 Å². The molecule has 1 amide bonds. The van der Waals surface area contributed by atoms with Crippen molar-refractivity contribution in [3.63, 3.8) is 0 Å². The molecule has 4 aliphatic rings. The SMILES string of the molecule is CC(CCC(=O)O)[C@H]1CCC2C3C(O)CC4C[C@H](NC(=O)CC[C@H](C(=O)O)N(CCN(CC(=O)O)CC(=O)O)CCN(CC(=O)O)CC(=O)O)CC[C@]4(C)C3CC[C@@]21C. The Kier molecular flexibility index (Phi) is 16.7. The maximum atomic E-state index is 13.5. The van der Waals surface area contributed by atoms with Gasteiger partial charge in [0.2, 0.25) is 5.91 Å². The molecule has 4 saturated carbocycles. The summed E-state index contributed by atoms with van der Waals surface area (Å²) in [4.78, 5) is 86.6. The Morgan fingerprint density at radius 3 is 1.68 bits per heavy atom. The maximum absolute atomic E-state index is 13.5. The molecular formula is C41H66N4O14. The van der Waals surface area contributed by atoms with Crippen LogP contribution in [0.15, 0.2) is 0 Å². The highest BCUT2D eigenvalue weighted by atomic mass is 16.4. The third kappa shape index (κ3) is 12.4. The van der Waals surface area contributed by atoms with Crippen LogP contribution >= 0.6 is 0 Å². The fourth-order valence-corrected chi connectivity index (χ4v) is 12.1. The van der Waals surface area contributed by atoms with Gasteiger partial charge in [-0.1, -0.05) is 20.8 Å². The van der Waals surface area contributed by atoms with Crippen molar-refractivity contribution in [2.24, 2.45) is 46.3 Å². The van der Waals surface area contributed by atoms with Gasteiger partial charge in [0, 0.05) is 45.1 Å². The van der Waals surface area contributed by atoms with Crippen LogP contribution in [0.25, 0.3) is 0 Å². The van der Waals surface area contributed by atoms with E-state index in [0.717, 1.165) is 48.3 Å². The van der Waals surface area contributed by atoms with E-state index in [9.17, 15) is 69.3 Å². The first-order valence-corrected chi connectivity index (χ1v) is 21.1. The molecule has 11 atom stereocenters. The zero-order valence-corrected chi connectivity index (χ0v) is 34.7. The molecule has 0 aromatic carbocycles. The Bertz CT molecular complexity index is 1470. The summed E-state index contributed by atoms with van der Waals surface area (Å²) in [5.74, 6) is -5.84. The first kappa shape index (κ1) is 47.8. The number of aliphatic hydroxyl groups excluding tert-OH is 1. The molecule has 8 N–H and O–H groups in total. The molecule has 0 spiro atoms. The van der Waals surface area contributed by atoms with Gasteiger partial charge in [0.25, 0.3) is 0 Å². The number of carboxylic acids is 6. The van der Waals surface area contributed by atoms with Crippen LogP contribution in [0.4, 0.5) is 0 Å². The smallest absolute Gasteiger partial charge is 0.320 e. The van der Waals surface area contributed by atoms with Crippen molar-refractivity contribution in [2.45, 2.75) is 116 Å². The standard InChI is InChI=1S/C41H66N4O14/c1-24(4-9-33(48)49)27-5-6-28-38-29(11-13-41(27,28)3)40(2)12-10-26(18-25(40)19-31(38)46)42-32(47)8-7-30(39(58)59)45(16-14-43(20-34(50)51)21-35(52)53)17-15-44(22-36(54)55)23-37(56)57/h24-31,38,46H,4-23H2,1-3H3,(H,42,47)(H,48,49)(H,50,51)(H,52,53)(H,54,55)(H,56,57)(H,58,59)/t24?,25?,26-,27-,28?,29?,30-,31?,38?,40+,41-/m1/s1. The lowest BCUT2D eigenvalue weighted by atomic mass is 9.43. The van der Waals surface area contributed by atoms with Gasteiger partial charge >= 0.3 is 35.8 Å². The van der Waals surface area contributed by atoms with Gasteiger partial charge in [0.1, 0.15) is 6.04 Å². The van der Waals surface area contributed by atoms with Crippen molar-refractivity contribution in [3.05, 3.63) is 0 Å². The molecule has 0 radical (unpaired) electrons.